The second kappa shape index (κ2) is 6.73. The van der Waals surface area contributed by atoms with Crippen molar-refractivity contribution in [3.63, 3.8) is 0 Å². The molecule has 3 heteroatoms. The van der Waals surface area contributed by atoms with E-state index in [1.165, 1.54) is 0 Å². The summed E-state index contributed by atoms with van der Waals surface area (Å²) >= 11 is 0. The topological polar surface area (TPSA) is 50.4 Å². The van der Waals surface area contributed by atoms with Crippen molar-refractivity contribution in [1.29, 1.82) is 0 Å². The van der Waals surface area contributed by atoms with E-state index in [1.807, 2.05) is 66.7 Å². The van der Waals surface area contributed by atoms with Gasteiger partial charge in [0, 0.05) is 16.7 Å². The Balaban J connectivity index is 2.03. The first kappa shape index (κ1) is 15.9. The molecule has 3 nitrogen and oxygen atoms in total. The number of hydrogen-bond acceptors (Lipinski definition) is 3. The van der Waals surface area contributed by atoms with Gasteiger partial charge in [0.25, 0.3) is 0 Å². The summed E-state index contributed by atoms with van der Waals surface area (Å²) in [4.78, 5) is 12.9. The first-order chi connectivity index (χ1) is 12.7. The molecule has 26 heavy (non-hydrogen) atoms. The molecule has 0 spiro atoms. The summed E-state index contributed by atoms with van der Waals surface area (Å²) in [5, 5.41) is 10.3. The Morgan fingerprint density at radius 3 is 1.88 bits per heavy atom. The molecule has 0 aliphatic carbocycles. The van der Waals surface area contributed by atoms with Crippen molar-refractivity contribution in [2.24, 2.45) is 0 Å². The van der Waals surface area contributed by atoms with Gasteiger partial charge in [0.2, 0.25) is 0 Å². The van der Waals surface area contributed by atoms with Gasteiger partial charge in [0.05, 0.1) is 5.56 Å². The van der Waals surface area contributed by atoms with Gasteiger partial charge in [-0.15, -0.1) is 0 Å². The molecule has 126 valence electrons. The number of benzene rings is 3. The highest BCUT2D eigenvalue weighted by Crippen LogP contribution is 2.36. The van der Waals surface area contributed by atoms with Crippen molar-refractivity contribution >= 4 is 0 Å². The summed E-state index contributed by atoms with van der Waals surface area (Å²) in [6.07, 6.45) is 0. The molecule has 0 aliphatic rings. The van der Waals surface area contributed by atoms with E-state index in [0.29, 0.717) is 16.9 Å². The molecular weight excluding hydrogens is 324 g/mol. The molecule has 0 aliphatic heterocycles. The Kier molecular flexibility index (Phi) is 4.12. The van der Waals surface area contributed by atoms with E-state index in [9.17, 15) is 9.90 Å². The smallest absolute Gasteiger partial charge is 0.344 e. The number of phenolic OH excluding ortho intramolecular Hbond substituents is 1. The maximum Gasteiger partial charge on any atom is 0.344 e. The van der Waals surface area contributed by atoms with Crippen molar-refractivity contribution in [3.8, 4) is 39.3 Å². The molecule has 1 aromatic heterocycles. The van der Waals surface area contributed by atoms with Crippen LogP contribution < -0.4 is 5.63 Å². The van der Waals surface area contributed by atoms with Crippen LogP contribution in [0.15, 0.2) is 100 Å². The number of phenols is 1. The molecule has 0 atom stereocenters. The highest BCUT2D eigenvalue weighted by molar-refractivity contribution is 5.86. The van der Waals surface area contributed by atoms with Crippen LogP contribution in [0, 0.1) is 0 Å². The van der Waals surface area contributed by atoms with Gasteiger partial charge in [0.1, 0.15) is 11.5 Å². The maximum atomic E-state index is 12.9. The van der Waals surface area contributed by atoms with Gasteiger partial charge >= 0.3 is 5.63 Å². The Labute approximate surface area is 150 Å². The van der Waals surface area contributed by atoms with Crippen LogP contribution in [0.5, 0.6) is 5.75 Å². The fraction of sp³-hybridized carbons (Fsp3) is 0. The monoisotopic (exact) mass is 340 g/mol. The van der Waals surface area contributed by atoms with E-state index in [2.05, 4.69) is 0 Å². The summed E-state index contributed by atoms with van der Waals surface area (Å²) in [6.45, 7) is 0. The molecule has 3 aromatic carbocycles. The largest absolute Gasteiger partial charge is 0.507 e. The second-order valence-corrected chi connectivity index (χ2v) is 5.94. The van der Waals surface area contributed by atoms with E-state index in [4.69, 9.17) is 4.42 Å². The minimum atomic E-state index is -0.480. The van der Waals surface area contributed by atoms with Crippen LogP contribution in [-0.4, -0.2) is 5.11 Å². The molecule has 1 N–H and O–H groups in total. The average Bonchev–Trinajstić information content (AvgIpc) is 2.69. The quantitative estimate of drug-likeness (QED) is 0.547. The van der Waals surface area contributed by atoms with Crippen LogP contribution in [0.25, 0.3) is 33.6 Å². The molecule has 4 aromatic rings. The SMILES string of the molecule is O=c1oc(-c2ccccc2)cc(-c2ccccc2)c1-c1ccccc1O. The molecule has 0 bridgehead atoms. The first-order valence-electron chi connectivity index (χ1n) is 8.31. The zero-order valence-corrected chi connectivity index (χ0v) is 13.9. The molecule has 0 amide bonds. The van der Waals surface area contributed by atoms with Crippen molar-refractivity contribution in [2.75, 3.05) is 0 Å². The van der Waals surface area contributed by atoms with Crippen LogP contribution in [0.1, 0.15) is 0 Å². The third-order valence-corrected chi connectivity index (χ3v) is 4.27. The van der Waals surface area contributed by atoms with Gasteiger partial charge in [-0.25, -0.2) is 4.79 Å². The third-order valence-electron chi connectivity index (χ3n) is 4.27. The molecule has 1 heterocycles. The van der Waals surface area contributed by atoms with Crippen LogP contribution in [0.3, 0.4) is 0 Å². The Morgan fingerprint density at radius 2 is 1.23 bits per heavy atom. The predicted molar refractivity (Wildman–Crippen MR) is 103 cm³/mol. The van der Waals surface area contributed by atoms with Crippen molar-refractivity contribution in [1.82, 2.24) is 0 Å². The van der Waals surface area contributed by atoms with Gasteiger partial charge in [-0.1, -0.05) is 78.9 Å². The van der Waals surface area contributed by atoms with Crippen molar-refractivity contribution in [2.45, 2.75) is 0 Å². The lowest BCUT2D eigenvalue weighted by Gasteiger charge is -2.12. The van der Waals surface area contributed by atoms with Gasteiger partial charge in [0.15, 0.2) is 0 Å². The van der Waals surface area contributed by atoms with Crippen LogP contribution >= 0.6 is 0 Å². The van der Waals surface area contributed by atoms with Crippen molar-refractivity contribution in [3.05, 3.63) is 101 Å². The normalized spacial score (nSPS) is 10.6. The molecule has 0 saturated heterocycles. The van der Waals surface area contributed by atoms with Crippen LogP contribution in [0.2, 0.25) is 0 Å². The van der Waals surface area contributed by atoms with Gasteiger partial charge in [-0.2, -0.15) is 0 Å². The van der Waals surface area contributed by atoms with E-state index < -0.39 is 5.63 Å². The van der Waals surface area contributed by atoms with Gasteiger partial charge in [-0.3, -0.25) is 0 Å². The molecule has 0 saturated carbocycles. The lowest BCUT2D eigenvalue weighted by atomic mass is 9.95. The van der Waals surface area contributed by atoms with E-state index in [1.54, 1.807) is 24.3 Å². The third kappa shape index (κ3) is 2.91. The van der Waals surface area contributed by atoms with Crippen LogP contribution in [-0.2, 0) is 0 Å². The van der Waals surface area contributed by atoms with E-state index in [0.717, 1.165) is 16.7 Å². The van der Waals surface area contributed by atoms with E-state index >= 15 is 0 Å². The van der Waals surface area contributed by atoms with E-state index in [-0.39, 0.29) is 5.75 Å². The highest BCUT2D eigenvalue weighted by Gasteiger charge is 2.18. The minimum Gasteiger partial charge on any atom is -0.507 e. The zero-order valence-electron chi connectivity index (χ0n) is 13.9. The molecule has 0 radical (unpaired) electrons. The lowest BCUT2D eigenvalue weighted by Crippen LogP contribution is -2.06. The average molecular weight is 340 g/mol. The number of para-hydroxylation sites is 1. The molecule has 0 fully saturated rings. The number of hydrogen-bond donors (Lipinski definition) is 1. The molecular formula is C23H16O3. The first-order valence-corrected chi connectivity index (χ1v) is 8.31. The molecule has 0 unspecified atom stereocenters. The summed E-state index contributed by atoms with van der Waals surface area (Å²) in [5.74, 6) is 0.540. The minimum absolute atomic E-state index is 0.0458. The summed E-state index contributed by atoms with van der Waals surface area (Å²) in [7, 11) is 0. The van der Waals surface area contributed by atoms with Gasteiger partial charge in [-0.05, 0) is 17.7 Å². The Hall–Kier alpha value is -3.59. The highest BCUT2D eigenvalue weighted by atomic mass is 16.4. The molecule has 4 rings (SSSR count). The lowest BCUT2D eigenvalue weighted by molar-refractivity contribution is 0.476. The van der Waals surface area contributed by atoms with Gasteiger partial charge < -0.3 is 9.52 Å². The van der Waals surface area contributed by atoms with Crippen molar-refractivity contribution < 1.29 is 9.52 Å². The standard InChI is InChI=1S/C23H16O3/c24-20-14-8-7-13-18(20)22-19(16-9-3-1-4-10-16)15-21(26-23(22)25)17-11-5-2-6-12-17/h1-15,24H. The fourth-order valence-electron chi connectivity index (χ4n) is 3.02. The summed E-state index contributed by atoms with van der Waals surface area (Å²) in [6, 6.07) is 27.8. The number of rotatable bonds is 3. The Morgan fingerprint density at radius 1 is 0.654 bits per heavy atom. The second-order valence-electron chi connectivity index (χ2n) is 5.94. The fourth-order valence-corrected chi connectivity index (χ4v) is 3.02. The predicted octanol–water partition coefficient (Wildman–Crippen LogP) is 5.35. The zero-order chi connectivity index (χ0) is 17.9. The van der Waals surface area contributed by atoms with Crippen LogP contribution in [0.4, 0.5) is 0 Å². The summed E-state index contributed by atoms with van der Waals surface area (Å²) in [5.41, 5.74) is 2.77. The Bertz CT molecular complexity index is 1100. The maximum absolute atomic E-state index is 12.9. The number of aromatic hydroxyl groups is 1. The summed E-state index contributed by atoms with van der Waals surface area (Å²) < 4.78 is 5.60.